The zero-order chi connectivity index (χ0) is 13.1. The van der Waals surface area contributed by atoms with Gasteiger partial charge in [-0.2, -0.15) is 16.7 Å². The lowest BCUT2D eigenvalue weighted by molar-refractivity contribution is 0.339. The Morgan fingerprint density at radius 2 is 2.21 bits per heavy atom. The first kappa shape index (κ1) is 12.6. The minimum Gasteiger partial charge on any atom is -0.338 e. The highest BCUT2D eigenvalue weighted by Gasteiger charge is 2.21. The number of nitrogens with one attached hydrogen (secondary N) is 1. The lowest BCUT2D eigenvalue weighted by atomic mass is 10.1. The van der Waals surface area contributed by atoms with Gasteiger partial charge in [-0.15, -0.1) is 0 Å². The lowest BCUT2D eigenvalue weighted by Gasteiger charge is -2.19. The molecule has 2 aromatic rings. The van der Waals surface area contributed by atoms with Crippen LogP contribution in [0.4, 0.5) is 4.39 Å². The second-order valence-corrected chi connectivity index (χ2v) is 5.58. The van der Waals surface area contributed by atoms with Gasteiger partial charge in [0.2, 0.25) is 5.89 Å². The fourth-order valence-corrected chi connectivity index (χ4v) is 2.91. The molecule has 6 heteroatoms. The molecule has 1 fully saturated rings. The summed E-state index contributed by atoms with van der Waals surface area (Å²) in [6, 6.07) is 6.50. The molecule has 2 heterocycles. The van der Waals surface area contributed by atoms with Gasteiger partial charge in [-0.1, -0.05) is 17.3 Å². The second kappa shape index (κ2) is 5.71. The van der Waals surface area contributed by atoms with Crippen LogP contribution >= 0.6 is 11.8 Å². The van der Waals surface area contributed by atoms with Crippen LogP contribution in [0.5, 0.6) is 0 Å². The van der Waals surface area contributed by atoms with Gasteiger partial charge in [0, 0.05) is 24.5 Å². The maximum atomic E-state index is 12.8. The van der Waals surface area contributed by atoms with Crippen LogP contribution in [0, 0.1) is 5.82 Å². The minimum atomic E-state index is -0.235. The van der Waals surface area contributed by atoms with Gasteiger partial charge < -0.3 is 9.84 Å². The van der Waals surface area contributed by atoms with E-state index < -0.39 is 0 Å². The molecule has 0 saturated carbocycles. The van der Waals surface area contributed by atoms with Gasteiger partial charge in [-0.3, -0.25) is 0 Å². The first-order valence-corrected chi connectivity index (χ1v) is 7.35. The van der Waals surface area contributed by atoms with Gasteiger partial charge >= 0.3 is 0 Å². The molecular formula is C13H14FN3OS. The van der Waals surface area contributed by atoms with E-state index >= 15 is 0 Å². The van der Waals surface area contributed by atoms with Crippen molar-refractivity contribution in [2.45, 2.75) is 12.5 Å². The van der Waals surface area contributed by atoms with Crippen LogP contribution in [0.25, 0.3) is 0 Å². The van der Waals surface area contributed by atoms with Crippen LogP contribution in [0.3, 0.4) is 0 Å². The third-order valence-corrected chi connectivity index (χ3v) is 4.04. The van der Waals surface area contributed by atoms with E-state index in [-0.39, 0.29) is 11.9 Å². The van der Waals surface area contributed by atoms with Crippen LogP contribution in [0.2, 0.25) is 0 Å². The summed E-state index contributed by atoms with van der Waals surface area (Å²) in [5, 5.41) is 7.33. The molecule has 1 unspecified atom stereocenters. The normalized spacial score (nSPS) is 19.5. The average molecular weight is 279 g/mol. The number of nitrogens with zero attached hydrogens (tertiary/aromatic N) is 2. The zero-order valence-electron chi connectivity index (χ0n) is 10.3. The topological polar surface area (TPSA) is 51.0 Å². The van der Waals surface area contributed by atoms with Crippen molar-refractivity contribution in [1.29, 1.82) is 0 Å². The molecule has 0 amide bonds. The second-order valence-electron chi connectivity index (χ2n) is 4.43. The number of benzene rings is 1. The van der Waals surface area contributed by atoms with E-state index in [0.29, 0.717) is 18.1 Å². The summed E-state index contributed by atoms with van der Waals surface area (Å²) in [5.41, 5.74) is 0.972. The van der Waals surface area contributed by atoms with Crippen molar-refractivity contribution >= 4 is 11.8 Å². The van der Waals surface area contributed by atoms with Crippen molar-refractivity contribution in [1.82, 2.24) is 15.5 Å². The maximum Gasteiger partial charge on any atom is 0.244 e. The molecule has 1 aliphatic heterocycles. The Morgan fingerprint density at radius 3 is 2.95 bits per heavy atom. The van der Waals surface area contributed by atoms with Gasteiger partial charge in [0.1, 0.15) is 5.82 Å². The van der Waals surface area contributed by atoms with Gasteiger partial charge in [-0.25, -0.2) is 4.39 Å². The van der Waals surface area contributed by atoms with Crippen LogP contribution in [-0.2, 0) is 6.42 Å². The highest BCUT2D eigenvalue weighted by Crippen LogP contribution is 2.20. The molecule has 100 valence electrons. The summed E-state index contributed by atoms with van der Waals surface area (Å²) >= 11 is 1.88. The molecule has 0 radical (unpaired) electrons. The number of hydrogen-bond donors (Lipinski definition) is 1. The molecule has 0 spiro atoms. The van der Waals surface area contributed by atoms with Crippen molar-refractivity contribution in [3.05, 3.63) is 47.4 Å². The highest BCUT2D eigenvalue weighted by molar-refractivity contribution is 7.99. The SMILES string of the molecule is Fc1ccc(Cc2noc(C3CSCCN3)n2)cc1. The van der Waals surface area contributed by atoms with E-state index in [1.165, 1.54) is 12.1 Å². The predicted octanol–water partition coefficient (Wildman–Crippen LogP) is 2.18. The zero-order valence-corrected chi connectivity index (χ0v) is 11.1. The smallest absolute Gasteiger partial charge is 0.244 e. The fraction of sp³-hybridized carbons (Fsp3) is 0.385. The van der Waals surface area contributed by atoms with E-state index in [2.05, 4.69) is 15.5 Å². The quantitative estimate of drug-likeness (QED) is 0.933. The molecule has 0 aliphatic carbocycles. The molecule has 1 aromatic carbocycles. The number of aromatic nitrogens is 2. The van der Waals surface area contributed by atoms with E-state index in [1.54, 1.807) is 12.1 Å². The molecule has 1 atom stereocenters. The van der Waals surface area contributed by atoms with E-state index in [9.17, 15) is 4.39 Å². The molecule has 19 heavy (non-hydrogen) atoms. The van der Waals surface area contributed by atoms with Crippen molar-refractivity contribution < 1.29 is 8.91 Å². The molecule has 4 nitrogen and oxygen atoms in total. The minimum absolute atomic E-state index is 0.146. The Morgan fingerprint density at radius 1 is 1.37 bits per heavy atom. The number of thioether (sulfide) groups is 1. The van der Waals surface area contributed by atoms with Gasteiger partial charge in [0.05, 0.1) is 6.04 Å². The predicted molar refractivity (Wildman–Crippen MR) is 71.6 cm³/mol. The Bertz CT molecular complexity index is 537. The monoisotopic (exact) mass is 279 g/mol. The standard InChI is InChI=1S/C13H14FN3OS/c14-10-3-1-9(2-4-10)7-12-16-13(18-17-12)11-8-19-6-5-15-11/h1-4,11,15H,5-8H2. The van der Waals surface area contributed by atoms with Crippen molar-refractivity contribution in [2.24, 2.45) is 0 Å². The van der Waals surface area contributed by atoms with E-state index in [0.717, 1.165) is 23.6 Å². The Balaban J connectivity index is 1.68. The van der Waals surface area contributed by atoms with Crippen LogP contribution in [0.1, 0.15) is 23.3 Å². The Kier molecular flexibility index (Phi) is 3.79. The molecular weight excluding hydrogens is 265 g/mol. The largest absolute Gasteiger partial charge is 0.338 e. The average Bonchev–Trinajstić information content (AvgIpc) is 2.91. The summed E-state index contributed by atoms with van der Waals surface area (Å²) < 4.78 is 18.1. The lowest BCUT2D eigenvalue weighted by Crippen LogP contribution is -2.30. The number of hydrogen-bond acceptors (Lipinski definition) is 5. The molecule has 1 aliphatic rings. The molecule has 1 N–H and O–H groups in total. The molecule has 3 rings (SSSR count). The number of halogens is 1. The Labute approximate surface area is 114 Å². The summed E-state index contributed by atoms with van der Waals surface area (Å²) in [7, 11) is 0. The third kappa shape index (κ3) is 3.13. The van der Waals surface area contributed by atoms with Crippen molar-refractivity contribution in [3.8, 4) is 0 Å². The van der Waals surface area contributed by atoms with E-state index in [4.69, 9.17) is 4.52 Å². The third-order valence-electron chi connectivity index (χ3n) is 2.98. The fourth-order valence-electron chi connectivity index (χ4n) is 1.99. The summed E-state index contributed by atoms with van der Waals surface area (Å²) in [5.74, 6) is 3.12. The first-order valence-electron chi connectivity index (χ1n) is 6.19. The van der Waals surface area contributed by atoms with Gasteiger partial charge in [-0.05, 0) is 17.7 Å². The summed E-state index contributed by atoms with van der Waals surface area (Å²) in [6.45, 7) is 0.963. The Hall–Kier alpha value is -1.40. The summed E-state index contributed by atoms with van der Waals surface area (Å²) in [6.07, 6.45) is 0.559. The van der Waals surface area contributed by atoms with Gasteiger partial charge in [0.25, 0.3) is 0 Å². The van der Waals surface area contributed by atoms with Crippen LogP contribution < -0.4 is 5.32 Å². The van der Waals surface area contributed by atoms with Crippen LogP contribution in [-0.4, -0.2) is 28.2 Å². The van der Waals surface area contributed by atoms with E-state index in [1.807, 2.05) is 11.8 Å². The highest BCUT2D eigenvalue weighted by atomic mass is 32.2. The molecule has 1 saturated heterocycles. The van der Waals surface area contributed by atoms with Crippen molar-refractivity contribution in [2.75, 3.05) is 18.1 Å². The van der Waals surface area contributed by atoms with Crippen LogP contribution in [0.15, 0.2) is 28.8 Å². The maximum absolute atomic E-state index is 12.8. The first-order chi connectivity index (χ1) is 9.31. The summed E-state index contributed by atoms with van der Waals surface area (Å²) in [4.78, 5) is 4.40. The van der Waals surface area contributed by atoms with Crippen molar-refractivity contribution in [3.63, 3.8) is 0 Å². The molecule has 1 aromatic heterocycles. The van der Waals surface area contributed by atoms with Gasteiger partial charge in [0.15, 0.2) is 5.82 Å². The number of rotatable bonds is 3. The molecule has 0 bridgehead atoms.